The van der Waals surface area contributed by atoms with E-state index >= 15 is 0 Å². The molecule has 3 N–H and O–H groups in total. The summed E-state index contributed by atoms with van der Waals surface area (Å²) in [5, 5.41) is 13.9. The molecule has 2 unspecified atom stereocenters. The molecule has 4 rings (SSSR count). The fraction of sp³-hybridized carbons (Fsp3) is 0.545. The van der Waals surface area contributed by atoms with Gasteiger partial charge in [0.15, 0.2) is 0 Å². The summed E-state index contributed by atoms with van der Waals surface area (Å²) < 4.78 is 10.6. The SMILES string of the molecule is CC.CCCN(C=O)CCOC.Cc1cc(C2=NNC(C(C)N)O2)cc(C2(C#N)CCCC2)c1.Cc1ccccc1. The molecular formula is C33H51N5O3. The van der Waals surface area contributed by atoms with Crippen LogP contribution < -0.4 is 11.2 Å². The van der Waals surface area contributed by atoms with E-state index in [1.807, 2.05) is 65.0 Å². The van der Waals surface area contributed by atoms with E-state index in [1.165, 1.54) is 5.56 Å². The van der Waals surface area contributed by atoms with Gasteiger partial charge in [-0.2, -0.15) is 5.26 Å². The summed E-state index contributed by atoms with van der Waals surface area (Å²) in [6, 6.07) is 18.9. The van der Waals surface area contributed by atoms with Crippen molar-refractivity contribution >= 4 is 12.3 Å². The summed E-state index contributed by atoms with van der Waals surface area (Å²) in [4.78, 5) is 12.0. The summed E-state index contributed by atoms with van der Waals surface area (Å²) in [6.45, 7) is 14.2. The maximum Gasteiger partial charge on any atom is 0.240 e. The molecule has 1 heterocycles. The molecule has 2 aliphatic rings. The number of benzene rings is 2. The number of nitrogens with two attached hydrogens (primary N) is 1. The lowest BCUT2D eigenvalue weighted by atomic mass is 9.79. The highest BCUT2D eigenvalue weighted by molar-refractivity contribution is 5.95. The first kappa shape index (κ1) is 35.6. The third kappa shape index (κ3) is 11.9. The molecule has 1 fully saturated rings. The lowest BCUT2D eigenvalue weighted by Gasteiger charge is -2.22. The van der Waals surface area contributed by atoms with Crippen LogP contribution in [0.2, 0.25) is 0 Å². The Labute approximate surface area is 247 Å². The lowest BCUT2D eigenvalue weighted by Crippen LogP contribution is -2.39. The normalized spacial score (nSPS) is 16.9. The molecule has 2 aromatic rings. The molecule has 1 amide bonds. The Balaban J connectivity index is 0.000000366. The number of methoxy groups -OCH3 is 1. The molecule has 8 heteroatoms. The molecule has 0 spiro atoms. The van der Waals surface area contributed by atoms with Gasteiger partial charge < -0.3 is 20.1 Å². The Morgan fingerprint density at radius 2 is 1.83 bits per heavy atom. The van der Waals surface area contributed by atoms with Gasteiger partial charge in [0, 0.05) is 25.8 Å². The second-order valence-electron chi connectivity index (χ2n) is 10.2. The zero-order valence-electron chi connectivity index (χ0n) is 26.2. The van der Waals surface area contributed by atoms with Crippen molar-refractivity contribution in [2.24, 2.45) is 10.8 Å². The average molecular weight is 566 g/mol. The number of nitrogens with zero attached hydrogens (tertiary/aromatic N) is 3. The van der Waals surface area contributed by atoms with Crippen LogP contribution in [0.4, 0.5) is 0 Å². The summed E-state index contributed by atoms with van der Waals surface area (Å²) in [7, 11) is 1.63. The smallest absolute Gasteiger partial charge is 0.240 e. The van der Waals surface area contributed by atoms with Gasteiger partial charge in [-0.25, -0.2) is 0 Å². The molecule has 2 atom stereocenters. The van der Waals surface area contributed by atoms with Gasteiger partial charge in [-0.15, -0.1) is 5.10 Å². The molecule has 8 nitrogen and oxygen atoms in total. The van der Waals surface area contributed by atoms with Gasteiger partial charge in [0.2, 0.25) is 18.5 Å². The maximum absolute atomic E-state index is 10.3. The van der Waals surface area contributed by atoms with Crippen molar-refractivity contribution in [2.75, 3.05) is 26.8 Å². The number of amides is 1. The highest BCUT2D eigenvalue weighted by Gasteiger charge is 2.36. The Kier molecular flexibility index (Phi) is 17.1. The first-order chi connectivity index (χ1) is 19.8. The molecule has 0 aromatic heterocycles. The van der Waals surface area contributed by atoms with Crippen LogP contribution in [0.1, 0.15) is 82.1 Å². The number of carbonyl (C=O) groups is 1. The van der Waals surface area contributed by atoms with Crippen LogP contribution in [0.3, 0.4) is 0 Å². The standard InChI is InChI=1S/C17H22N4O.C7H15NO2.C7H8.C2H6/c1-11-7-13(16-21-20-15(22-16)12(2)19)9-14(8-11)17(10-18)5-3-4-6-17;1-3-4-8(7-9)5-6-10-2;1-7-5-3-2-4-6-7;1-2/h7-9,12,15,20H,3-6,19H2,1-2H3;7H,3-6H2,1-2H3;2-6H,1H3;1-2H3. The highest BCUT2D eigenvalue weighted by Crippen LogP contribution is 2.41. The van der Waals surface area contributed by atoms with E-state index in [4.69, 9.17) is 15.2 Å². The van der Waals surface area contributed by atoms with Gasteiger partial charge >= 0.3 is 0 Å². The van der Waals surface area contributed by atoms with E-state index in [0.717, 1.165) is 61.7 Å². The van der Waals surface area contributed by atoms with E-state index in [9.17, 15) is 10.1 Å². The first-order valence-corrected chi connectivity index (χ1v) is 14.8. The topological polar surface area (TPSA) is 113 Å². The van der Waals surface area contributed by atoms with Gasteiger partial charge in [0.05, 0.1) is 24.1 Å². The van der Waals surface area contributed by atoms with Gasteiger partial charge in [-0.05, 0) is 57.7 Å². The van der Waals surface area contributed by atoms with Gasteiger partial charge in [-0.3, -0.25) is 10.2 Å². The minimum absolute atomic E-state index is 0.147. The summed E-state index contributed by atoms with van der Waals surface area (Å²) in [5.74, 6) is 0.554. The third-order valence-electron chi connectivity index (χ3n) is 6.74. The van der Waals surface area contributed by atoms with Crippen molar-refractivity contribution in [3.05, 3.63) is 70.8 Å². The summed E-state index contributed by atoms with van der Waals surface area (Å²) in [6.07, 6.45) is 5.66. The predicted molar refractivity (Wildman–Crippen MR) is 167 cm³/mol. The third-order valence-corrected chi connectivity index (χ3v) is 6.74. The number of ether oxygens (including phenoxy) is 2. The molecule has 41 heavy (non-hydrogen) atoms. The predicted octanol–water partition coefficient (Wildman–Crippen LogP) is 5.81. The number of carbonyl (C=O) groups excluding carboxylic acids is 1. The molecule has 0 radical (unpaired) electrons. The molecular weight excluding hydrogens is 514 g/mol. The number of hydrogen-bond acceptors (Lipinski definition) is 7. The van der Waals surface area contributed by atoms with Crippen LogP contribution in [-0.4, -0.2) is 56.3 Å². The maximum atomic E-state index is 10.3. The molecule has 1 aliphatic carbocycles. The van der Waals surface area contributed by atoms with Gasteiger partial charge in [0.1, 0.15) is 0 Å². The Hall–Kier alpha value is -3.41. The van der Waals surface area contributed by atoms with Crippen LogP contribution in [0.15, 0.2) is 53.6 Å². The lowest BCUT2D eigenvalue weighted by molar-refractivity contribution is -0.118. The highest BCUT2D eigenvalue weighted by atomic mass is 16.5. The number of nitrogens with one attached hydrogen (secondary N) is 1. The van der Waals surface area contributed by atoms with Gasteiger partial charge in [-0.1, -0.05) is 81.1 Å². The summed E-state index contributed by atoms with van der Waals surface area (Å²) in [5.41, 5.74) is 12.8. The summed E-state index contributed by atoms with van der Waals surface area (Å²) >= 11 is 0. The molecule has 226 valence electrons. The van der Waals surface area contributed by atoms with Crippen molar-refractivity contribution in [3.8, 4) is 6.07 Å². The number of rotatable bonds is 9. The molecule has 0 saturated heterocycles. The van der Waals surface area contributed by atoms with Crippen molar-refractivity contribution in [2.45, 2.75) is 91.3 Å². The minimum atomic E-state index is -0.353. The van der Waals surface area contributed by atoms with Crippen LogP contribution in [0.25, 0.3) is 0 Å². The Morgan fingerprint density at radius 1 is 1.17 bits per heavy atom. The fourth-order valence-electron chi connectivity index (χ4n) is 4.53. The van der Waals surface area contributed by atoms with Crippen LogP contribution >= 0.6 is 0 Å². The molecule has 1 saturated carbocycles. The second-order valence-corrected chi connectivity index (χ2v) is 10.2. The van der Waals surface area contributed by atoms with Crippen LogP contribution in [0, 0.1) is 25.2 Å². The zero-order chi connectivity index (χ0) is 30.7. The van der Waals surface area contributed by atoms with Gasteiger partial charge in [0.25, 0.3) is 0 Å². The quantitative estimate of drug-likeness (QED) is 0.371. The molecule has 0 bridgehead atoms. The van der Waals surface area contributed by atoms with Crippen molar-refractivity contribution in [3.63, 3.8) is 0 Å². The zero-order valence-corrected chi connectivity index (χ0v) is 26.2. The van der Waals surface area contributed by atoms with Crippen LogP contribution in [-0.2, 0) is 19.7 Å². The van der Waals surface area contributed by atoms with Crippen LogP contribution in [0.5, 0.6) is 0 Å². The van der Waals surface area contributed by atoms with Crippen molar-refractivity contribution in [1.29, 1.82) is 5.26 Å². The van der Waals surface area contributed by atoms with E-state index < -0.39 is 0 Å². The fourth-order valence-corrected chi connectivity index (χ4v) is 4.53. The average Bonchev–Trinajstić information content (AvgIpc) is 3.69. The van der Waals surface area contributed by atoms with E-state index in [1.54, 1.807) is 12.0 Å². The number of nitriles is 1. The number of aryl methyl sites for hydroxylation is 2. The molecule has 1 aliphatic heterocycles. The van der Waals surface area contributed by atoms with E-state index in [0.29, 0.717) is 19.0 Å². The Morgan fingerprint density at radius 3 is 2.29 bits per heavy atom. The minimum Gasteiger partial charge on any atom is -0.449 e. The van der Waals surface area contributed by atoms with E-state index in [-0.39, 0.29) is 17.7 Å². The largest absolute Gasteiger partial charge is 0.449 e. The van der Waals surface area contributed by atoms with E-state index in [2.05, 4.69) is 41.7 Å². The first-order valence-electron chi connectivity index (χ1n) is 14.8. The number of hydrazone groups is 1. The van der Waals surface area contributed by atoms with Crippen molar-refractivity contribution < 1.29 is 14.3 Å². The monoisotopic (exact) mass is 565 g/mol. The number of hydrogen-bond donors (Lipinski definition) is 2. The second kappa shape index (κ2) is 19.6. The molecule has 2 aromatic carbocycles. The Bertz CT molecular complexity index is 1080. The van der Waals surface area contributed by atoms with Crippen molar-refractivity contribution in [1.82, 2.24) is 10.3 Å².